The van der Waals surface area contributed by atoms with E-state index >= 15 is 0 Å². The van der Waals surface area contributed by atoms with Crippen LogP contribution in [-0.2, 0) is 6.42 Å². The minimum Gasteiger partial charge on any atom is -0.467 e. The van der Waals surface area contributed by atoms with Crippen molar-refractivity contribution < 1.29 is 4.74 Å². The van der Waals surface area contributed by atoms with Crippen molar-refractivity contribution in [3.8, 4) is 17.1 Å². The van der Waals surface area contributed by atoms with Crippen LogP contribution in [0.2, 0.25) is 0 Å². The fraction of sp³-hybridized carbons (Fsp3) is 0.231. The second kappa shape index (κ2) is 4.76. The predicted molar refractivity (Wildman–Crippen MR) is 74.4 cm³/mol. The van der Waals surface area contributed by atoms with Gasteiger partial charge in [0, 0.05) is 18.0 Å². The number of pyridine rings is 1. The van der Waals surface area contributed by atoms with Gasteiger partial charge in [-0.3, -0.25) is 4.98 Å². The molecule has 0 aliphatic carbocycles. The summed E-state index contributed by atoms with van der Waals surface area (Å²) in [5, 5.41) is 8.16. The summed E-state index contributed by atoms with van der Waals surface area (Å²) < 4.78 is 6.77. The van der Waals surface area contributed by atoms with Gasteiger partial charge in [0.05, 0.1) is 18.4 Å². The molecule has 20 heavy (non-hydrogen) atoms. The van der Waals surface area contributed by atoms with E-state index in [1.54, 1.807) is 16.8 Å². The van der Waals surface area contributed by atoms with Crippen LogP contribution in [0, 0.1) is 0 Å². The van der Waals surface area contributed by atoms with Crippen LogP contribution < -0.4 is 10.5 Å². The highest BCUT2D eigenvalue weighted by atomic mass is 16.5. The monoisotopic (exact) mass is 270 g/mol. The predicted octanol–water partition coefficient (Wildman–Crippen LogP) is 1.34. The highest BCUT2D eigenvalue weighted by Gasteiger charge is 2.18. The third-order valence-electron chi connectivity index (χ3n) is 3.09. The normalized spacial score (nSPS) is 10.9. The number of anilines is 1. The third-order valence-corrected chi connectivity index (χ3v) is 3.09. The Bertz CT molecular complexity index is 752. The lowest BCUT2D eigenvalue weighted by Crippen LogP contribution is -2.07. The van der Waals surface area contributed by atoms with E-state index in [2.05, 4.69) is 20.2 Å². The van der Waals surface area contributed by atoms with Crippen LogP contribution in [0.3, 0.4) is 0 Å². The van der Waals surface area contributed by atoms with Crippen molar-refractivity contribution in [3.63, 3.8) is 0 Å². The Balaban J connectivity index is 2.40. The molecule has 0 atom stereocenters. The molecule has 0 radical (unpaired) electrons. The van der Waals surface area contributed by atoms with Crippen molar-refractivity contribution in [2.45, 2.75) is 13.3 Å². The topological polar surface area (TPSA) is 91.2 Å². The zero-order chi connectivity index (χ0) is 14.1. The van der Waals surface area contributed by atoms with E-state index in [0.29, 0.717) is 17.6 Å². The lowest BCUT2D eigenvalue weighted by molar-refractivity contribution is 0.375. The lowest BCUT2D eigenvalue weighted by atomic mass is 10.1. The summed E-state index contributed by atoms with van der Waals surface area (Å²) in [6.07, 6.45) is 4.23. The molecule has 7 heteroatoms. The molecule has 3 aromatic rings. The van der Waals surface area contributed by atoms with Crippen molar-refractivity contribution >= 4 is 11.6 Å². The molecule has 0 fully saturated rings. The summed E-state index contributed by atoms with van der Waals surface area (Å²) in [6, 6.07) is 4.15. The number of nitrogens with zero attached hydrogens (tertiary/aromatic N) is 5. The SMILES string of the molecule is CCc1nc(N)n2c(OC)nnc2c1-c1cccnc1. The fourth-order valence-electron chi connectivity index (χ4n) is 2.21. The fourth-order valence-corrected chi connectivity index (χ4v) is 2.21. The largest absolute Gasteiger partial charge is 0.467 e. The highest BCUT2D eigenvalue weighted by molar-refractivity contribution is 5.80. The summed E-state index contributed by atoms with van der Waals surface area (Å²) in [4.78, 5) is 8.57. The summed E-state index contributed by atoms with van der Waals surface area (Å²) in [6.45, 7) is 2.02. The van der Waals surface area contributed by atoms with Gasteiger partial charge < -0.3 is 10.5 Å². The van der Waals surface area contributed by atoms with Crippen molar-refractivity contribution in [2.24, 2.45) is 0 Å². The van der Waals surface area contributed by atoms with E-state index in [9.17, 15) is 0 Å². The molecule has 0 saturated carbocycles. The number of aryl methyl sites for hydroxylation is 1. The van der Waals surface area contributed by atoms with Crippen molar-refractivity contribution in [3.05, 3.63) is 30.2 Å². The number of hydrogen-bond donors (Lipinski definition) is 1. The molecule has 2 N–H and O–H groups in total. The zero-order valence-corrected chi connectivity index (χ0v) is 11.2. The third kappa shape index (κ3) is 1.75. The van der Waals surface area contributed by atoms with Gasteiger partial charge in [-0.1, -0.05) is 18.1 Å². The maximum absolute atomic E-state index is 5.98. The number of hydrogen-bond acceptors (Lipinski definition) is 6. The molecule has 3 aromatic heterocycles. The van der Waals surface area contributed by atoms with Crippen LogP contribution in [0.4, 0.5) is 5.95 Å². The molecule has 0 bridgehead atoms. The maximum Gasteiger partial charge on any atom is 0.324 e. The number of nitrogen functional groups attached to an aromatic ring is 1. The quantitative estimate of drug-likeness (QED) is 0.772. The second-order valence-electron chi connectivity index (χ2n) is 4.23. The van der Waals surface area contributed by atoms with Crippen LogP contribution in [0.15, 0.2) is 24.5 Å². The second-order valence-corrected chi connectivity index (χ2v) is 4.23. The van der Waals surface area contributed by atoms with E-state index in [-0.39, 0.29) is 0 Å². The van der Waals surface area contributed by atoms with Gasteiger partial charge in [-0.05, 0) is 12.5 Å². The minimum absolute atomic E-state index is 0.311. The average Bonchev–Trinajstić information content (AvgIpc) is 2.92. The first-order valence-corrected chi connectivity index (χ1v) is 6.24. The number of rotatable bonds is 3. The van der Waals surface area contributed by atoms with Crippen molar-refractivity contribution in [2.75, 3.05) is 12.8 Å². The number of methoxy groups -OCH3 is 1. The molecule has 7 nitrogen and oxygen atoms in total. The molecule has 102 valence electrons. The van der Waals surface area contributed by atoms with E-state index < -0.39 is 0 Å². The number of fused-ring (bicyclic) bond motifs is 1. The Morgan fingerprint density at radius 3 is 2.85 bits per heavy atom. The molecular weight excluding hydrogens is 256 g/mol. The van der Waals surface area contributed by atoms with E-state index in [1.807, 2.05) is 19.1 Å². The average molecular weight is 270 g/mol. The van der Waals surface area contributed by atoms with Gasteiger partial charge in [0.25, 0.3) is 0 Å². The molecule has 0 spiro atoms. The molecule has 0 unspecified atom stereocenters. The lowest BCUT2D eigenvalue weighted by Gasteiger charge is -2.10. The van der Waals surface area contributed by atoms with E-state index in [4.69, 9.17) is 10.5 Å². The molecule has 3 rings (SSSR count). The first-order valence-electron chi connectivity index (χ1n) is 6.24. The Morgan fingerprint density at radius 1 is 1.35 bits per heavy atom. The van der Waals surface area contributed by atoms with E-state index in [0.717, 1.165) is 23.2 Å². The summed E-state index contributed by atoms with van der Waals surface area (Å²) in [5.74, 6) is 0.311. The van der Waals surface area contributed by atoms with Crippen LogP contribution in [-0.4, -0.2) is 31.7 Å². The molecule has 0 aliphatic heterocycles. The zero-order valence-electron chi connectivity index (χ0n) is 11.2. The Morgan fingerprint density at radius 2 is 2.20 bits per heavy atom. The van der Waals surface area contributed by atoms with Crippen LogP contribution >= 0.6 is 0 Å². The number of nitrogens with two attached hydrogens (primary N) is 1. The Hall–Kier alpha value is -2.70. The Kier molecular flexibility index (Phi) is 2.94. The molecular formula is C13H14N6O. The standard InChI is InChI=1S/C13H14N6O/c1-3-9-10(8-5-4-6-15-7-8)11-17-18-13(20-2)19(11)12(14)16-9/h4-7H,3H2,1-2H3,(H2,14,16). The van der Waals surface area contributed by atoms with Gasteiger partial charge in [-0.15, -0.1) is 5.10 Å². The molecule has 0 amide bonds. The summed E-state index contributed by atoms with van der Waals surface area (Å²) >= 11 is 0. The molecule has 0 saturated heterocycles. The molecule has 0 aromatic carbocycles. The van der Waals surface area contributed by atoms with Crippen molar-refractivity contribution in [1.29, 1.82) is 0 Å². The van der Waals surface area contributed by atoms with Crippen molar-refractivity contribution in [1.82, 2.24) is 24.6 Å². The first-order chi connectivity index (χ1) is 9.76. The van der Waals surface area contributed by atoms with Crippen LogP contribution in [0.5, 0.6) is 6.01 Å². The maximum atomic E-state index is 5.98. The highest BCUT2D eigenvalue weighted by Crippen LogP contribution is 2.29. The van der Waals surface area contributed by atoms with Crippen LogP contribution in [0.1, 0.15) is 12.6 Å². The minimum atomic E-state index is 0.311. The van der Waals surface area contributed by atoms with Gasteiger partial charge in [-0.2, -0.15) is 0 Å². The summed E-state index contributed by atoms with van der Waals surface area (Å²) in [7, 11) is 1.52. The smallest absolute Gasteiger partial charge is 0.324 e. The van der Waals surface area contributed by atoms with E-state index in [1.165, 1.54) is 7.11 Å². The van der Waals surface area contributed by atoms with Gasteiger partial charge >= 0.3 is 6.01 Å². The number of ether oxygens (including phenoxy) is 1. The van der Waals surface area contributed by atoms with Gasteiger partial charge in [-0.25, -0.2) is 9.38 Å². The summed E-state index contributed by atoms with van der Waals surface area (Å²) in [5.41, 5.74) is 9.27. The van der Waals surface area contributed by atoms with Gasteiger partial charge in [0.1, 0.15) is 0 Å². The van der Waals surface area contributed by atoms with Crippen LogP contribution in [0.25, 0.3) is 16.8 Å². The number of aromatic nitrogens is 5. The Labute approximate surface area is 115 Å². The molecule has 0 aliphatic rings. The first kappa shape index (κ1) is 12.3. The van der Waals surface area contributed by atoms with Gasteiger partial charge in [0.2, 0.25) is 5.95 Å². The van der Waals surface area contributed by atoms with Gasteiger partial charge in [0.15, 0.2) is 5.65 Å². The molecule has 3 heterocycles.